The van der Waals surface area contributed by atoms with Gasteiger partial charge in [0, 0.05) is 66.6 Å². The van der Waals surface area contributed by atoms with Gasteiger partial charge in [0.05, 0.1) is 5.52 Å². The summed E-state index contributed by atoms with van der Waals surface area (Å²) in [6.45, 7) is 8.63. The third-order valence-electron chi connectivity index (χ3n) is 7.48. The van der Waals surface area contributed by atoms with Gasteiger partial charge in [0.25, 0.3) is 0 Å². The van der Waals surface area contributed by atoms with Gasteiger partial charge in [-0.05, 0) is 100 Å². The summed E-state index contributed by atoms with van der Waals surface area (Å²) in [7, 11) is 4.35. The first kappa shape index (κ1) is 24.1. The predicted molar refractivity (Wildman–Crippen MR) is 155 cm³/mol. The molecule has 1 saturated heterocycles. The van der Waals surface area contributed by atoms with Gasteiger partial charge in [0.2, 0.25) is 0 Å². The number of nitrogens with zero attached hydrogens (tertiary/aromatic N) is 4. The van der Waals surface area contributed by atoms with Crippen molar-refractivity contribution in [3.8, 4) is 11.1 Å². The molecule has 0 spiro atoms. The smallest absolute Gasteiger partial charge is 0.0723 e. The number of benzene rings is 3. The van der Waals surface area contributed by atoms with E-state index in [9.17, 15) is 0 Å². The number of pyridine rings is 1. The van der Waals surface area contributed by atoms with E-state index >= 15 is 0 Å². The van der Waals surface area contributed by atoms with E-state index in [4.69, 9.17) is 0 Å². The van der Waals surface area contributed by atoms with Gasteiger partial charge in [0.1, 0.15) is 0 Å². The van der Waals surface area contributed by atoms with Crippen molar-refractivity contribution in [3.05, 3.63) is 79.0 Å². The van der Waals surface area contributed by atoms with E-state index in [1.165, 1.54) is 28.9 Å². The minimum absolute atomic E-state index is 0.633. The van der Waals surface area contributed by atoms with E-state index in [0.717, 1.165) is 48.5 Å². The van der Waals surface area contributed by atoms with Crippen LogP contribution in [0.5, 0.6) is 0 Å². The molecule has 186 valence electrons. The Morgan fingerprint density at radius 3 is 2.28 bits per heavy atom. The maximum Gasteiger partial charge on any atom is 0.0723 e. The Bertz CT molecular complexity index is 1290. The number of hydrogen-bond donors (Lipinski definition) is 1. The minimum Gasteiger partial charge on any atom is -0.372 e. The van der Waals surface area contributed by atoms with Gasteiger partial charge >= 0.3 is 0 Å². The highest BCUT2D eigenvalue weighted by Crippen LogP contribution is 2.32. The van der Waals surface area contributed by atoms with E-state index in [-0.39, 0.29) is 0 Å². The van der Waals surface area contributed by atoms with Crippen LogP contribution in [-0.4, -0.2) is 56.2 Å². The lowest BCUT2D eigenvalue weighted by atomic mass is 10.0. The summed E-state index contributed by atoms with van der Waals surface area (Å²) in [4.78, 5) is 11.8. The second-order valence-electron chi connectivity index (χ2n) is 9.83. The quantitative estimate of drug-likeness (QED) is 0.307. The predicted octanol–water partition coefficient (Wildman–Crippen LogP) is 6.63. The molecule has 1 aromatic heterocycles. The van der Waals surface area contributed by atoms with Crippen molar-refractivity contribution >= 4 is 33.7 Å². The van der Waals surface area contributed by atoms with E-state index < -0.39 is 0 Å². The molecular formula is C31H37N5. The summed E-state index contributed by atoms with van der Waals surface area (Å²) in [6.07, 6.45) is 3.10. The summed E-state index contributed by atoms with van der Waals surface area (Å²) in [5.41, 5.74) is 8.12. The van der Waals surface area contributed by atoms with Gasteiger partial charge in [-0.25, -0.2) is 0 Å². The zero-order valence-corrected chi connectivity index (χ0v) is 21.9. The maximum absolute atomic E-state index is 4.61. The van der Waals surface area contributed by atoms with Gasteiger partial charge in [-0.2, -0.15) is 0 Å². The molecule has 5 rings (SSSR count). The zero-order chi connectivity index (χ0) is 25.1. The van der Waals surface area contributed by atoms with Gasteiger partial charge in [-0.3, -0.25) is 4.98 Å². The number of fused-ring (bicyclic) bond motifs is 1. The molecule has 0 aliphatic carbocycles. The Morgan fingerprint density at radius 1 is 0.889 bits per heavy atom. The van der Waals surface area contributed by atoms with Crippen molar-refractivity contribution in [2.75, 3.05) is 55.4 Å². The van der Waals surface area contributed by atoms with Crippen LogP contribution in [0.3, 0.4) is 0 Å². The molecule has 1 atom stereocenters. The summed E-state index contributed by atoms with van der Waals surface area (Å²) in [5.74, 6) is 0. The molecule has 1 aliphatic rings. The second-order valence-corrected chi connectivity index (χ2v) is 9.83. The normalized spacial score (nSPS) is 15.6. The van der Waals surface area contributed by atoms with Crippen LogP contribution in [0.1, 0.15) is 20.3 Å². The Labute approximate surface area is 215 Å². The number of likely N-dealkylation sites (N-methyl/N-ethyl adjacent to an activating group) is 1. The highest BCUT2D eigenvalue weighted by molar-refractivity contribution is 5.95. The highest BCUT2D eigenvalue weighted by atomic mass is 15.2. The van der Waals surface area contributed by atoms with Gasteiger partial charge in [0.15, 0.2) is 0 Å². The number of nitrogens with one attached hydrogen (secondary N) is 1. The molecule has 0 radical (unpaired) electrons. The van der Waals surface area contributed by atoms with Crippen LogP contribution in [0.15, 0.2) is 79.0 Å². The third kappa shape index (κ3) is 5.02. The fraction of sp³-hybridized carbons (Fsp3) is 0.323. The van der Waals surface area contributed by atoms with Crippen LogP contribution in [0.4, 0.5) is 22.7 Å². The molecule has 36 heavy (non-hydrogen) atoms. The first-order valence-electron chi connectivity index (χ1n) is 13.1. The molecule has 4 aromatic rings. The molecule has 2 heterocycles. The molecule has 1 unspecified atom stereocenters. The molecule has 1 aliphatic heterocycles. The summed E-state index contributed by atoms with van der Waals surface area (Å²) in [5, 5.41) is 4.76. The average molecular weight is 480 g/mol. The first-order valence-corrected chi connectivity index (χ1v) is 13.1. The number of hydrogen-bond acceptors (Lipinski definition) is 5. The monoisotopic (exact) mass is 479 g/mol. The first-order chi connectivity index (χ1) is 17.6. The van der Waals surface area contributed by atoms with Crippen molar-refractivity contribution in [2.45, 2.75) is 26.3 Å². The van der Waals surface area contributed by atoms with Crippen molar-refractivity contribution in [3.63, 3.8) is 0 Å². The van der Waals surface area contributed by atoms with E-state index in [2.05, 4.69) is 126 Å². The Balaban J connectivity index is 1.36. The van der Waals surface area contributed by atoms with Crippen molar-refractivity contribution < 1.29 is 0 Å². The van der Waals surface area contributed by atoms with Crippen LogP contribution in [0, 0.1) is 0 Å². The van der Waals surface area contributed by atoms with Crippen LogP contribution in [0.2, 0.25) is 0 Å². The fourth-order valence-electron chi connectivity index (χ4n) is 5.20. The molecule has 1 fully saturated rings. The summed E-state index contributed by atoms with van der Waals surface area (Å²) in [6, 6.07) is 26.9. The van der Waals surface area contributed by atoms with Gasteiger partial charge in [-0.1, -0.05) is 18.2 Å². The standard InChI is InChI=1S/C31H37N5/c1-5-35(6-2)26-12-7-23(8-13-26)24-9-16-30-29(21-24)31(17-19-32-30)33-25-10-14-27(15-11-25)36-20-18-28(22-36)34(3)4/h7-17,19,21,28H,5-6,18,20,22H2,1-4H3,(H,32,33). The number of rotatable bonds is 8. The number of anilines is 4. The summed E-state index contributed by atoms with van der Waals surface area (Å²) >= 11 is 0. The largest absolute Gasteiger partial charge is 0.372 e. The molecule has 3 aromatic carbocycles. The topological polar surface area (TPSA) is 34.6 Å². The van der Waals surface area contributed by atoms with E-state index in [0.29, 0.717) is 6.04 Å². The van der Waals surface area contributed by atoms with Crippen LogP contribution in [-0.2, 0) is 0 Å². The molecular weight excluding hydrogens is 442 g/mol. The highest BCUT2D eigenvalue weighted by Gasteiger charge is 2.23. The van der Waals surface area contributed by atoms with Crippen molar-refractivity contribution in [1.29, 1.82) is 0 Å². The van der Waals surface area contributed by atoms with E-state index in [1.807, 2.05) is 6.20 Å². The third-order valence-corrected chi connectivity index (χ3v) is 7.48. The molecule has 5 nitrogen and oxygen atoms in total. The Morgan fingerprint density at radius 2 is 1.61 bits per heavy atom. The fourth-order valence-corrected chi connectivity index (χ4v) is 5.20. The van der Waals surface area contributed by atoms with Crippen LogP contribution < -0.4 is 15.1 Å². The lowest BCUT2D eigenvalue weighted by Gasteiger charge is -2.22. The molecule has 1 N–H and O–H groups in total. The van der Waals surface area contributed by atoms with Crippen molar-refractivity contribution in [2.24, 2.45) is 0 Å². The van der Waals surface area contributed by atoms with Crippen LogP contribution in [0.25, 0.3) is 22.0 Å². The van der Waals surface area contributed by atoms with Gasteiger partial charge < -0.3 is 20.0 Å². The molecule has 0 bridgehead atoms. The van der Waals surface area contributed by atoms with Crippen LogP contribution >= 0.6 is 0 Å². The lowest BCUT2D eigenvalue weighted by Crippen LogP contribution is -2.31. The lowest BCUT2D eigenvalue weighted by molar-refractivity contribution is 0.315. The van der Waals surface area contributed by atoms with Gasteiger partial charge in [-0.15, -0.1) is 0 Å². The molecule has 5 heteroatoms. The Kier molecular flexibility index (Phi) is 7.10. The maximum atomic E-state index is 4.61. The summed E-state index contributed by atoms with van der Waals surface area (Å²) < 4.78 is 0. The number of aromatic nitrogens is 1. The second kappa shape index (κ2) is 10.6. The SMILES string of the molecule is CCN(CC)c1ccc(-c2ccc3nccc(Nc4ccc(N5CCC(N(C)C)C5)cc4)c3c2)cc1. The zero-order valence-electron chi connectivity index (χ0n) is 21.9. The molecule has 0 amide bonds. The molecule has 0 saturated carbocycles. The Hall–Kier alpha value is -3.57. The average Bonchev–Trinajstić information content (AvgIpc) is 3.41. The minimum atomic E-state index is 0.633. The van der Waals surface area contributed by atoms with Crippen molar-refractivity contribution in [1.82, 2.24) is 9.88 Å². The van der Waals surface area contributed by atoms with E-state index in [1.54, 1.807) is 0 Å².